The van der Waals surface area contributed by atoms with E-state index in [2.05, 4.69) is 10.3 Å². The van der Waals surface area contributed by atoms with Gasteiger partial charge in [-0.05, 0) is 12.1 Å². The maximum Gasteiger partial charge on any atom is 0.273 e. The van der Waals surface area contributed by atoms with Crippen LogP contribution in [0.3, 0.4) is 0 Å². The van der Waals surface area contributed by atoms with Crippen LogP contribution in [-0.2, 0) is 9.84 Å². The maximum atomic E-state index is 12.1. The first-order valence-electron chi connectivity index (χ1n) is 5.52. The minimum Gasteiger partial charge on any atom is -0.373 e. The Morgan fingerprint density at radius 1 is 1.47 bits per heavy atom. The summed E-state index contributed by atoms with van der Waals surface area (Å²) in [4.78, 5) is 17.5. The van der Waals surface area contributed by atoms with Gasteiger partial charge < -0.3 is 10.2 Å². The van der Waals surface area contributed by atoms with Gasteiger partial charge in [0.15, 0.2) is 0 Å². The van der Waals surface area contributed by atoms with Gasteiger partial charge in [-0.2, -0.15) is 0 Å². The molecule has 0 fully saturated rings. The first kappa shape index (κ1) is 15.7. The molecule has 0 unspecified atom stereocenters. The summed E-state index contributed by atoms with van der Waals surface area (Å²) in [7, 11) is 0.0724. The quantitative estimate of drug-likeness (QED) is 0.874. The number of carbonyl (C=O) groups excluding carboxylic acids is 1. The fourth-order valence-electron chi connectivity index (χ4n) is 1.32. The molecular formula is C11H16ClN3O3S. The first-order chi connectivity index (χ1) is 8.74. The van der Waals surface area contributed by atoms with Crippen LogP contribution >= 0.6 is 11.6 Å². The lowest BCUT2D eigenvalue weighted by Crippen LogP contribution is -2.32. The number of rotatable bonds is 5. The Morgan fingerprint density at radius 3 is 2.63 bits per heavy atom. The normalized spacial score (nSPS) is 11.2. The molecule has 6 nitrogen and oxygen atoms in total. The Balaban J connectivity index is 2.87. The Morgan fingerprint density at radius 2 is 2.11 bits per heavy atom. The number of hydrogen-bond donors (Lipinski definition) is 1. The molecule has 1 amide bonds. The summed E-state index contributed by atoms with van der Waals surface area (Å²) in [6.45, 7) is 0.0967. The van der Waals surface area contributed by atoms with Gasteiger partial charge in [-0.25, -0.2) is 13.4 Å². The number of carbonyl (C=O) groups is 1. The van der Waals surface area contributed by atoms with Crippen molar-refractivity contribution < 1.29 is 13.2 Å². The summed E-state index contributed by atoms with van der Waals surface area (Å²) < 4.78 is 22.1. The molecule has 0 aliphatic rings. The number of nitrogens with zero attached hydrogens (tertiary/aromatic N) is 2. The molecule has 1 N–H and O–H groups in total. The van der Waals surface area contributed by atoms with E-state index < -0.39 is 15.7 Å². The minimum atomic E-state index is -3.12. The van der Waals surface area contributed by atoms with Crippen molar-refractivity contribution >= 4 is 33.2 Å². The second-order valence-electron chi connectivity index (χ2n) is 4.13. The molecule has 0 aromatic carbocycles. The lowest BCUT2D eigenvalue weighted by Gasteiger charge is -2.17. The average molecular weight is 306 g/mol. The average Bonchev–Trinajstić information content (AvgIpc) is 2.35. The van der Waals surface area contributed by atoms with Crippen LogP contribution in [0.15, 0.2) is 12.1 Å². The highest BCUT2D eigenvalue weighted by molar-refractivity contribution is 7.90. The molecule has 0 saturated carbocycles. The highest BCUT2D eigenvalue weighted by Gasteiger charge is 2.18. The highest BCUT2D eigenvalue weighted by atomic mass is 35.5. The van der Waals surface area contributed by atoms with Crippen molar-refractivity contribution in [2.24, 2.45) is 0 Å². The molecule has 0 atom stereocenters. The van der Waals surface area contributed by atoms with Crippen LogP contribution < -0.4 is 5.32 Å². The Labute approximate surface area is 117 Å². The highest BCUT2D eigenvalue weighted by Crippen LogP contribution is 2.17. The van der Waals surface area contributed by atoms with Crippen LogP contribution in [0.5, 0.6) is 0 Å². The van der Waals surface area contributed by atoms with Crippen molar-refractivity contribution in [2.75, 3.05) is 38.0 Å². The number of aromatic nitrogens is 1. The van der Waals surface area contributed by atoms with Crippen molar-refractivity contribution in [1.82, 2.24) is 9.88 Å². The van der Waals surface area contributed by atoms with E-state index in [4.69, 9.17) is 11.6 Å². The summed E-state index contributed by atoms with van der Waals surface area (Å²) in [6.07, 6.45) is 1.12. The lowest BCUT2D eigenvalue weighted by molar-refractivity contribution is 0.0798. The Hall–Kier alpha value is -1.34. The van der Waals surface area contributed by atoms with E-state index in [-0.39, 0.29) is 23.0 Å². The smallest absolute Gasteiger partial charge is 0.273 e. The number of hydrogen-bond acceptors (Lipinski definition) is 5. The maximum absolute atomic E-state index is 12.1. The van der Waals surface area contributed by atoms with Gasteiger partial charge in [0.05, 0.1) is 10.8 Å². The van der Waals surface area contributed by atoms with E-state index in [0.29, 0.717) is 5.82 Å². The van der Waals surface area contributed by atoms with Crippen LogP contribution in [0.4, 0.5) is 5.82 Å². The lowest BCUT2D eigenvalue weighted by atomic mass is 10.3. The summed E-state index contributed by atoms with van der Waals surface area (Å²) >= 11 is 5.93. The first-order valence-corrected chi connectivity index (χ1v) is 7.96. The van der Waals surface area contributed by atoms with Gasteiger partial charge in [-0.3, -0.25) is 4.79 Å². The molecule has 0 spiro atoms. The molecule has 8 heteroatoms. The number of sulfone groups is 1. The molecule has 0 saturated heterocycles. The zero-order chi connectivity index (χ0) is 14.6. The van der Waals surface area contributed by atoms with E-state index in [1.165, 1.54) is 11.9 Å². The molecule has 106 valence electrons. The molecule has 0 bridgehead atoms. The summed E-state index contributed by atoms with van der Waals surface area (Å²) in [6, 6.07) is 3.22. The van der Waals surface area contributed by atoms with E-state index in [1.807, 2.05) is 0 Å². The molecule has 1 heterocycles. The van der Waals surface area contributed by atoms with Crippen molar-refractivity contribution in [1.29, 1.82) is 0 Å². The second kappa shape index (κ2) is 6.21. The van der Waals surface area contributed by atoms with Gasteiger partial charge in [0.25, 0.3) is 5.91 Å². The Kier molecular flexibility index (Phi) is 5.13. The van der Waals surface area contributed by atoms with Gasteiger partial charge in [-0.15, -0.1) is 0 Å². The van der Waals surface area contributed by atoms with Crippen LogP contribution in [0.25, 0.3) is 0 Å². The van der Waals surface area contributed by atoms with Gasteiger partial charge >= 0.3 is 0 Å². The number of pyridine rings is 1. The number of nitrogens with one attached hydrogen (secondary N) is 1. The largest absolute Gasteiger partial charge is 0.373 e. The molecule has 0 aliphatic carbocycles. The molecule has 0 radical (unpaired) electrons. The zero-order valence-electron chi connectivity index (χ0n) is 11.0. The molecular weight excluding hydrogens is 290 g/mol. The summed E-state index contributed by atoms with van der Waals surface area (Å²) in [5.41, 5.74) is 0.101. The molecule has 1 aromatic rings. The fourth-order valence-corrected chi connectivity index (χ4v) is 2.11. The number of amides is 1. The molecule has 1 rings (SSSR count). The SMILES string of the molecule is CNc1ccc(Cl)c(C(=O)N(C)CCS(C)(=O)=O)n1. The van der Waals surface area contributed by atoms with E-state index >= 15 is 0 Å². The molecule has 19 heavy (non-hydrogen) atoms. The molecule has 1 aromatic heterocycles. The predicted molar refractivity (Wildman–Crippen MR) is 75.5 cm³/mol. The Bertz CT molecular complexity index is 575. The van der Waals surface area contributed by atoms with Gasteiger partial charge in [0, 0.05) is 26.9 Å². The third-order valence-corrected chi connectivity index (χ3v) is 3.68. The minimum absolute atomic E-state index is 0.0967. The standard InChI is InChI=1S/C11H16ClN3O3S/c1-13-9-5-4-8(12)10(14-9)11(16)15(2)6-7-19(3,17)18/h4-5H,6-7H2,1-3H3,(H,13,14). The fraction of sp³-hybridized carbons (Fsp3) is 0.455. The van der Waals surface area contributed by atoms with Crippen molar-refractivity contribution in [3.63, 3.8) is 0 Å². The van der Waals surface area contributed by atoms with Crippen molar-refractivity contribution in [3.05, 3.63) is 22.8 Å². The van der Waals surface area contributed by atoms with Crippen LogP contribution in [0.1, 0.15) is 10.5 Å². The van der Waals surface area contributed by atoms with Gasteiger partial charge in [-0.1, -0.05) is 11.6 Å². The van der Waals surface area contributed by atoms with Crippen molar-refractivity contribution in [3.8, 4) is 0 Å². The predicted octanol–water partition coefficient (Wildman–Crippen LogP) is 0.893. The van der Waals surface area contributed by atoms with Gasteiger partial charge in [0.1, 0.15) is 21.3 Å². The number of halogens is 1. The summed E-state index contributed by atoms with van der Waals surface area (Å²) in [5, 5.41) is 3.04. The monoisotopic (exact) mass is 305 g/mol. The zero-order valence-corrected chi connectivity index (χ0v) is 12.5. The third-order valence-electron chi connectivity index (χ3n) is 2.45. The molecule has 0 aliphatic heterocycles. The van der Waals surface area contributed by atoms with Crippen LogP contribution in [0.2, 0.25) is 5.02 Å². The number of anilines is 1. The van der Waals surface area contributed by atoms with Crippen LogP contribution in [-0.4, -0.2) is 56.9 Å². The summed E-state index contributed by atoms with van der Waals surface area (Å²) in [5.74, 6) is 0.00786. The van der Waals surface area contributed by atoms with E-state index in [1.54, 1.807) is 19.2 Å². The van der Waals surface area contributed by atoms with Crippen molar-refractivity contribution in [2.45, 2.75) is 0 Å². The van der Waals surface area contributed by atoms with Gasteiger partial charge in [0.2, 0.25) is 0 Å². The third kappa shape index (κ3) is 4.68. The van der Waals surface area contributed by atoms with E-state index in [9.17, 15) is 13.2 Å². The second-order valence-corrected chi connectivity index (χ2v) is 6.80. The van der Waals surface area contributed by atoms with Crippen LogP contribution in [0, 0.1) is 0 Å². The topological polar surface area (TPSA) is 79.4 Å². The van der Waals surface area contributed by atoms with E-state index in [0.717, 1.165) is 6.26 Å².